The fraction of sp³-hybridized carbons (Fsp3) is 0.269. The lowest BCUT2D eigenvalue weighted by molar-refractivity contribution is 0.236. The minimum atomic E-state index is 0. The summed E-state index contributed by atoms with van der Waals surface area (Å²) in [4.78, 5) is 10.5. The van der Waals surface area contributed by atoms with Crippen LogP contribution in [-0.2, 0) is 13.0 Å². The third-order valence-electron chi connectivity index (χ3n) is 6.16. The Morgan fingerprint density at radius 3 is 2.50 bits per heavy atom. The molecule has 0 aliphatic carbocycles. The number of pyridine rings is 1. The molecule has 4 heteroatoms. The fourth-order valence-electron chi connectivity index (χ4n) is 4.67. The van der Waals surface area contributed by atoms with Gasteiger partial charge in [0.05, 0.1) is 0 Å². The van der Waals surface area contributed by atoms with Crippen molar-refractivity contribution in [1.29, 1.82) is 0 Å². The van der Waals surface area contributed by atoms with Crippen LogP contribution in [0.1, 0.15) is 41.1 Å². The quantitative estimate of drug-likeness (QED) is 0.393. The average Bonchev–Trinajstić information content (AvgIpc) is 3.16. The Kier molecular flexibility index (Phi) is 6.51. The van der Waals surface area contributed by atoms with Gasteiger partial charge in [-0.1, -0.05) is 48.5 Å². The van der Waals surface area contributed by atoms with Crippen molar-refractivity contribution in [3.05, 3.63) is 102 Å². The van der Waals surface area contributed by atoms with Crippen molar-refractivity contribution in [2.45, 2.75) is 31.7 Å². The molecule has 3 heterocycles. The van der Waals surface area contributed by atoms with Gasteiger partial charge in [0, 0.05) is 48.0 Å². The van der Waals surface area contributed by atoms with Crippen molar-refractivity contribution in [1.82, 2.24) is 14.9 Å². The topological polar surface area (TPSA) is 31.9 Å². The number of nitrogens with zero attached hydrogens (tertiary/aromatic N) is 2. The Morgan fingerprint density at radius 1 is 0.900 bits per heavy atom. The molecule has 0 saturated carbocycles. The lowest BCUT2D eigenvalue weighted by atomic mass is 9.88. The van der Waals surface area contributed by atoms with Crippen molar-refractivity contribution in [3.8, 4) is 0 Å². The van der Waals surface area contributed by atoms with Crippen LogP contribution in [0.15, 0.2) is 79.1 Å². The Labute approximate surface area is 184 Å². The Hall–Kier alpha value is -2.62. The van der Waals surface area contributed by atoms with E-state index in [1.807, 2.05) is 12.4 Å². The Balaban J connectivity index is 0.00000218. The molecule has 1 aliphatic rings. The zero-order chi connectivity index (χ0) is 19.5. The number of aromatic amines is 1. The summed E-state index contributed by atoms with van der Waals surface area (Å²) >= 11 is 0. The molecule has 0 radical (unpaired) electrons. The number of rotatable bonds is 6. The molecule has 30 heavy (non-hydrogen) atoms. The molecular weight excluding hydrogens is 390 g/mol. The smallest absolute Gasteiger partial charge is 0.0459 e. The molecule has 5 rings (SSSR count). The normalized spacial score (nSPS) is 16.2. The maximum atomic E-state index is 4.11. The van der Waals surface area contributed by atoms with Crippen molar-refractivity contribution in [2.24, 2.45) is 0 Å². The molecule has 3 nitrogen and oxygen atoms in total. The van der Waals surface area contributed by atoms with Crippen molar-refractivity contribution < 1.29 is 0 Å². The highest BCUT2D eigenvalue weighted by atomic mass is 35.5. The number of H-pyrrole nitrogens is 1. The van der Waals surface area contributed by atoms with Gasteiger partial charge >= 0.3 is 0 Å². The average molecular weight is 418 g/mol. The highest BCUT2D eigenvalue weighted by molar-refractivity contribution is 5.85. The van der Waals surface area contributed by atoms with E-state index in [-0.39, 0.29) is 12.4 Å². The van der Waals surface area contributed by atoms with Crippen LogP contribution in [0.2, 0.25) is 0 Å². The molecule has 2 aromatic heterocycles. The molecule has 1 unspecified atom stereocenters. The van der Waals surface area contributed by atoms with Crippen LogP contribution < -0.4 is 0 Å². The Bertz CT molecular complexity index is 1080. The number of aromatic nitrogens is 2. The molecule has 1 N–H and O–H groups in total. The summed E-state index contributed by atoms with van der Waals surface area (Å²) in [6.45, 7) is 3.27. The molecular formula is C26H28ClN3. The van der Waals surface area contributed by atoms with Gasteiger partial charge in [-0.3, -0.25) is 9.88 Å². The lowest BCUT2D eigenvalue weighted by Crippen LogP contribution is -2.34. The highest BCUT2D eigenvalue weighted by Crippen LogP contribution is 2.37. The predicted molar refractivity (Wildman–Crippen MR) is 126 cm³/mol. The largest absolute Gasteiger partial charge is 0.358 e. The van der Waals surface area contributed by atoms with Gasteiger partial charge in [0.2, 0.25) is 0 Å². The second kappa shape index (κ2) is 9.46. The fourth-order valence-corrected chi connectivity index (χ4v) is 4.67. The predicted octanol–water partition coefficient (Wildman–Crippen LogP) is 5.96. The maximum absolute atomic E-state index is 4.11. The number of halogens is 1. The number of nitrogens with one attached hydrogen (secondary N) is 1. The summed E-state index contributed by atoms with van der Waals surface area (Å²) in [6.07, 6.45) is 7.36. The molecule has 1 atom stereocenters. The van der Waals surface area contributed by atoms with E-state index in [0.29, 0.717) is 5.92 Å². The zero-order valence-corrected chi connectivity index (χ0v) is 17.9. The van der Waals surface area contributed by atoms with Crippen molar-refractivity contribution in [3.63, 3.8) is 0 Å². The van der Waals surface area contributed by atoms with Gasteiger partial charge in [-0.05, 0) is 60.7 Å². The van der Waals surface area contributed by atoms with Gasteiger partial charge in [0.15, 0.2) is 0 Å². The monoisotopic (exact) mass is 417 g/mol. The molecule has 0 fully saturated rings. The molecule has 0 amide bonds. The van der Waals surface area contributed by atoms with E-state index in [1.165, 1.54) is 46.1 Å². The second-order valence-corrected chi connectivity index (χ2v) is 8.07. The van der Waals surface area contributed by atoms with E-state index >= 15 is 0 Å². The van der Waals surface area contributed by atoms with Gasteiger partial charge in [-0.15, -0.1) is 12.4 Å². The minimum absolute atomic E-state index is 0. The first-order chi connectivity index (χ1) is 14.4. The molecule has 2 aromatic carbocycles. The van der Waals surface area contributed by atoms with Crippen LogP contribution in [-0.4, -0.2) is 28.0 Å². The number of aryl methyl sites for hydroxylation is 1. The van der Waals surface area contributed by atoms with Crippen molar-refractivity contribution in [2.75, 3.05) is 13.1 Å². The van der Waals surface area contributed by atoms with Gasteiger partial charge in [-0.25, -0.2) is 0 Å². The highest BCUT2D eigenvalue weighted by Gasteiger charge is 2.29. The van der Waals surface area contributed by atoms with Crippen molar-refractivity contribution >= 4 is 23.3 Å². The first kappa shape index (κ1) is 20.6. The van der Waals surface area contributed by atoms with E-state index in [0.717, 1.165) is 26.1 Å². The number of hydrogen-bond donors (Lipinski definition) is 1. The van der Waals surface area contributed by atoms with Crippen LogP contribution >= 0.6 is 12.4 Å². The summed E-state index contributed by atoms with van der Waals surface area (Å²) in [5, 5.41) is 1.38. The summed E-state index contributed by atoms with van der Waals surface area (Å²) in [6, 6.07) is 24.0. The SMILES string of the molecule is Cl.c1ccc(C2CN(CCCCc3ccncc3)Cc3c2[nH]c2ccccc32)cc1. The van der Waals surface area contributed by atoms with E-state index in [4.69, 9.17) is 0 Å². The summed E-state index contributed by atoms with van der Waals surface area (Å²) in [7, 11) is 0. The standard InChI is InChI=1S/C26H27N3.ClH/c1-2-9-21(10-3-1)23-18-29(17-7-6-8-20-13-15-27-16-14-20)19-24-22-11-4-5-12-25(22)28-26(23)24;/h1-5,9-16,23,28H,6-8,17-19H2;1H. The van der Waals surface area contributed by atoms with Gasteiger partial charge < -0.3 is 4.98 Å². The maximum Gasteiger partial charge on any atom is 0.0459 e. The summed E-state index contributed by atoms with van der Waals surface area (Å²) < 4.78 is 0. The van der Waals surface area contributed by atoms with Crippen LogP contribution in [0.5, 0.6) is 0 Å². The zero-order valence-electron chi connectivity index (χ0n) is 17.1. The Morgan fingerprint density at radius 2 is 1.67 bits per heavy atom. The van der Waals surface area contributed by atoms with Crippen LogP contribution in [0.25, 0.3) is 10.9 Å². The van der Waals surface area contributed by atoms with Crippen LogP contribution in [0.3, 0.4) is 0 Å². The van der Waals surface area contributed by atoms with E-state index in [9.17, 15) is 0 Å². The molecule has 1 aliphatic heterocycles. The van der Waals surface area contributed by atoms with Crippen LogP contribution in [0.4, 0.5) is 0 Å². The molecule has 0 saturated heterocycles. The van der Waals surface area contributed by atoms with E-state index in [2.05, 4.69) is 81.6 Å². The lowest BCUT2D eigenvalue weighted by Gasteiger charge is -2.33. The second-order valence-electron chi connectivity index (χ2n) is 8.07. The number of para-hydroxylation sites is 1. The first-order valence-corrected chi connectivity index (χ1v) is 10.6. The minimum Gasteiger partial charge on any atom is -0.358 e. The summed E-state index contributed by atoms with van der Waals surface area (Å²) in [5.41, 5.74) is 6.94. The third-order valence-corrected chi connectivity index (χ3v) is 6.16. The number of hydrogen-bond acceptors (Lipinski definition) is 2. The van der Waals surface area contributed by atoms with Crippen LogP contribution in [0, 0.1) is 0 Å². The van der Waals surface area contributed by atoms with E-state index < -0.39 is 0 Å². The number of fused-ring (bicyclic) bond motifs is 3. The van der Waals surface area contributed by atoms with E-state index in [1.54, 1.807) is 0 Å². The number of benzene rings is 2. The third kappa shape index (κ3) is 4.28. The van der Waals surface area contributed by atoms with Gasteiger partial charge in [-0.2, -0.15) is 0 Å². The molecule has 154 valence electrons. The molecule has 0 spiro atoms. The van der Waals surface area contributed by atoms with Gasteiger partial charge in [0.25, 0.3) is 0 Å². The number of unbranched alkanes of at least 4 members (excludes halogenated alkanes) is 1. The first-order valence-electron chi connectivity index (χ1n) is 10.6. The van der Waals surface area contributed by atoms with Gasteiger partial charge in [0.1, 0.15) is 0 Å². The summed E-state index contributed by atoms with van der Waals surface area (Å²) in [5.74, 6) is 0.410. The molecule has 0 bridgehead atoms. The molecule has 4 aromatic rings.